The second-order valence-electron chi connectivity index (χ2n) is 10.6. The first kappa shape index (κ1) is 25.9. The summed E-state index contributed by atoms with van der Waals surface area (Å²) >= 11 is 0. The third-order valence-electron chi connectivity index (χ3n) is 7.61. The van der Waals surface area contributed by atoms with E-state index < -0.39 is 0 Å². The molecule has 7 heteroatoms. The molecule has 0 bridgehead atoms. The fourth-order valence-electron chi connectivity index (χ4n) is 5.26. The van der Waals surface area contributed by atoms with E-state index in [4.69, 9.17) is 9.15 Å². The van der Waals surface area contributed by atoms with Gasteiger partial charge in [0, 0.05) is 37.3 Å². The summed E-state index contributed by atoms with van der Waals surface area (Å²) in [7, 11) is 0. The molecule has 0 unspecified atom stereocenters. The van der Waals surface area contributed by atoms with E-state index in [1.807, 2.05) is 24.3 Å². The van der Waals surface area contributed by atoms with Crippen molar-refractivity contribution in [1.29, 1.82) is 0 Å². The largest absolute Gasteiger partial charge is 0.486 e. The Morgan fingerprint density at radius 3 is 2.67 bits per heavy atom. The van der Waals surface area contributed by atoms with Gasteiger partial charge in [0.05, 0.1) is 6.04 Å². The number of carbonyl (C=O) groups excluding carboxylic acids is 2. The fraction of sp³-hybridized carbons (Fsp3) is 0.303. The maximum atomic E-state index is 13.3. The fourth-order valence-corrected chi connectivity index (χ4v) is 5.26. The molecule has 40 heavy (non-hydrogen) atoms. The number of aromatic nitrogens is 1. The van der Waals surface area contributed by atoms with Crippen LogP contribution in [0.4, 0.5) is 0 Å². The molecule has 1 fully saturated rings. The molecule has 2 aromatic heterocycles. The van der Waals surface area contributed by atoms with Gasteiger partial charge in [-0.15, -0.1) is 0 Å². The molecule has 0 saturated heterocycles. The van der Waals surface area contributed by atoms with Crippen LogP contribution in [-0.2, 0) is 24.2 Å². The molecule has 0 spiro atoms. The minimum Gasteiger partial charge on any atom is -0.486 e. The van der Waals surface area contributed by atoms with Gasteiger partial charge in [-0.05, 0) is 79.3 Å². The quantitative estimate of drug-likeness (QED) is 0.309. The highest BCUT2D eigenvalue weighted by atomic mass is 16.5. The molecule has 7 nitrogen and oxygen atoms in total. The van der Waals surface area contributed by atoms with Crippen molar-refractivity contribution in [2.45, 2.75) is 45.3 Å². The molecule has 1 saturated carbocycles. The maximum Gasteiger partial charge on any atom is 0.287 e. The lowest BCUT2D eigenvalue weighted by molar-refractivity contribution is -0.134. The third-order valence-corrected chi connectivity index (χ3v) is 7.61. The van der Waals surface area contributed by atoms with Gasteiger partial charge >= 0.3 is 0 Å². The summed E-state index contributed by atoms with van der Waals surface area (Å²) in [5, 5.41) is 2.87. The van der Waals surface area contributed by atoms with E-state index in [1.54, 1.807) is 18.3 Å². The van der Waals surface area contributed by atoms with Gasteiger partial charge in [0.2, 0.25) is 5.91 Å². The minimum atomic E-state index is -0.266. The Morgan fingerprint density at radius 2 is 1.90 bits per heavy atom. The molecular weight excluding hydrogens is 502 g/mol. The van der Waals surface area contributed by atoms with Crippen molar-refractivity contribution in [2.24, 2.45) is 5.92 Å². The molecule has 1 atom stereocenters. The number of furan rings is 1. The SMILES string of the molecule is Cc1ccc([C@H]2c3cc(OCc4ccc(C(=O)NCCc5ccccn5)o4)ccc3CCN2C(=O)C2CC2)cc1. The van der Waals surface area contributed by atoms with Gasteiger partial charge in [0.15, 0.2) is 5.76 Å². The second kappa shape index (κ2) is 11.4. The summed E-state index contributed by atoms with van der Waals surface area (Å²) in [5.74, 6) is 1.66. The monoisotopic (exact) mass is 535 g/mol. The predicted molar refractivity (Wildman–Crippen MR) is 151 cm³/mol. The van der Waals surface area contributed by atoms with Crippen LogP contribution >= 0.6 is 0 Å². The molecule has 2 aromatic carbocycles. The van der Waals surface area contributed by atoms with Crippen LogP contribution in [0.15, 0.2) is 83.4 Å². The lowest BCUT2D eigenvalue weighted by atomic mass is 9.87. The van der Waals surface area contributed by atoms with Crippen LogP contribution in [0.3, 0.4) is 0 Å². The molecule has 4 aromatic rings. The van der Waals surface area contributed by atoms with Crippen molar-refractivity contribution >= 4 is 11.8 Å². The number of carbonyl (C=O) groups is 2. The second-order valence-corrected chi connectivity index (χ2v) is 10.6. The maximum absolute atomic E-state index is 13.3. The van der Waals surface area contributed by atoms with Crippen molar-refractivity contribution in [2.75, 3.05) is 13.1 Å². The molecule has 1 N–H and O–H groups in total. The zero-order chi connectivity index (χ0) is 27.5. The van der Waals surface area contributed by atoms with E-state index in [0.29, 0.717) is 24.5 Å². The van der Waals surface area contributed by atoms with Crippen molar-refractivity contribution < 1.29 is 18.7 Å². The van der Waals surface area contributed by atoms with Crippen molar-refractivity contribution in [3.63, 3.8) is 0 Å². The molecule has 0 radical (unpaired) electrons. The molecule has 6 rings (SSSR count). The van der Waals surface area contributed by atoms with Gasteiger partial charge < -0.3 is 19.4 Å². The number of hydrogen-bond acceptors (Lipinski definition) is 5. The zero-order valence-corrected chi connectivity index (χ0v) is 22.6. The topological polar surface area (TPSA) is 84.7 Å². The van der Waals surface area contributed by atoms with Crippen LogP contribution in [0.25, 0.3) is 0 Å². The van der Waals surface area contributed by atoms with Crippen LogP contribution in [0.1, 0.15) is 63.1 Å². The average Bonchev–Trinajstić information content (AvgIpc) is 3.73. The zero-order valence-electron chi connectivity index (χ0n) is 22.6. The Bertz CT molecular complexity index is 1490. The summed E-state index contributed by atoms with van der Waals surface area (Å²) in [6, 6.07) is 23.6. The Balaban J connectivity index is 1.13. The standard InChI is InChI=1S/C33H33N3O4/c1-22-5-7-24(8-6-22)31-29-20-27(12-11-23(29)16-19-36(31)33(38)25-9-10-25)39-21-28-13-14-30(40-28)32(37)35-18-15-26-4-2-3-17-34-26/h2-8,11-14,17,20,25,31H,9-10,15-16,18-19,21H2,1H3,(H,35,37)/t31-/m0/s1. The Morgan fingerprint density at radius 1 is 1.05 bits per heavy atom. The molecule has 2 aliphatic rings. The van der Waals surface area contributed by atoms with Gasteiger partial charge in [-0.1, -0.05) is 42.0 Å². The first-order valence-corrected chi connectivity index (χ1v) is 13.9. The van der Waals surface area contributed by atoms with Crippen LogP contribution in [0.5, 0.6) is 5.75 Å². The molecule has 204 valence electrons. The number of pyridine rings is 1. The van der Waals surface area contributed by atoms with E-state index >= 15 is 0 Å². The first-order chi connectivity index (χ1) is 19.5. The van der Waals surface area contributed by atoms with Crippen molar-refractivity contribution in [3.8, 4) is 5.75 Å². The summed E-state index contributed by atoms with van der Waals surface area (Å²) in [6.07, 6.45) is 5.19. The number of amides is 2. The van der Waals surface area contributed by atoms with Gasteiger partial charge in [0.1, 0.15) is 18.1 Å². The van der Waals surface area contributed by atoms with E-state index in [9.17, 15) is 9.59 Å². The smallest absolute Gasteiger partial charge is 0.287 e. The van der Waals surface area contributed by atoms with Crippen molar-refractivity contribution in [1.82, 2.24) is 15.2 Å². The van der Waals surface area contributed by atoms with Gasteiger partial charge in [-0.3, -0.25) is 14.6 Å². The number of nitrogens with zero attached hydrogens (tertiary/aromatic N) is 2. The Labute approximate surface area is 234 Å². The van der Waals surface area contributed by atoms with Gasteiger partial charge in [-0.25, -0.2) is 0 Å². The lowest BCUT2D eigenvalue weighted by Gasteiger charge is -2.38. The lowest BCUT2D eigenvalue weighted by Crippen LogP contribution is -2.41. The minimum absolute atomic E-state index is 0.133. The van der Waals surface area contributed by atoms with Crippen LogP contribution in [0.2, 0.25) is 0 Å². The Hall–Kier alpha value is -4.39. The van der Waals surface area contributed by atoms with Crippen LogP contribution in [0, 0.1) is 12.8 Å². The normalized spacial score (nSPS) is 16.3. The molecule has 1 aliphatic carbocycles. The molecule has 2 amide bonds. The van der Waals surface area contributed by atoms with E-state index in [-0.39, 0.29) is 36.1 Å². The van der Waals surface area contributed by atoms with Gasteiger partial charge in [0.25, 0.3) is 5.91 Å². The number of ether oxygens (including phenoxy) is 1. The van der Waals surface area contributed by atoms with E-state index in [1.165, 1.54) is 11.1 Å². The highest BCUT2D eigenvalue weighted by Crippen LogP contribution is 2.41. The third kappa shape index (κ3) is 5.78. The first-order valence-electron chi connectivity index (χ1n) is 13.9. The highest BCUT2D eigenvalue weighted by molar-refractivity contribution is 5.91. The summed E-state index contributed by atoms with van der Waals surface area (Å²) in [6.45, 7) is 3.46. The molecule has 3 heterocycles. The highest BCUT2D eigenvalue weighted by Gasteiger charge is 2.39. The summed E-state index contributed by atoms with van der Waals surface area (Å²) in [4.78, 5) is 32.1. The number of fused-ring (bicyclic) bond motifs is 1. The van der Waals surface area contributed by atoms with Crippen LogP contribution < -0.4 is 10.1 Å². The van der Waals surface area contributed by atoms with E-state index in [2.05, 4.69) is 58.5 Å². The average molecular weight is 536 g/mol. The number of nitrogens with one attached hydrogen (secondary N) is 1. The van der Waals surface area contributed by atoms with E-state index in [0.717, 1.165) is 42.6 Å². The van der Waals surface area contributed by atoms with Crippen molar-refractivity contribution in [3.05, 3.63) is 118 Å². The predicted octanol–water partition coefficient (Wildman–Crippen LogP) is 5.42. The summed E-state index contributed by atoms with van der Waals surface area (Å²) < 4.78 is 11.9. The number of hydrogen-bond donors (Lipinski definition) is 1. The summed E-state index contributed by atoms with van der Waals surface area (Å²) in [5.41, 5.74) is 5.57. The van der Waals surface area contributed by atoms with Crippen LogP contribution in [-0.4, -0.2) is 34.8 Å². The van der Waals surface area contributed by atoms with Gasteiger partial charge in [-0.2, -0.15) is 0 Å². The molecular formula is C33H33N3O4. The number of benzene rings is 2. The Kier molecular flexibility index (Phi) is 7.36. The number of rotatable bonds is 9. The number of aryl methyl sites for hydroxylation is 1. The molecule has 1 aliphatic heterocycles.